The minimum Gasteiger partial charge on any atom is -0.328 e. The van der Waals surface area contributed by atoms with Crippen LogP contribution < -0.4 is 5.32 Å². The topological polar surface area (TPSA) is 45.2 Å². The van der Waals surface area contributed by atoms with Gasteiger partial charge in [0.25, 0.3) is 5.91 Å². The Morgan fingerprint density at radius 2 is 2.08 bits per heavy atom. The van der Waals surface area contributed by atoms with E-state index in [2.05, 4.69) is 10.3 Å². The molecular weight excluding hydrogens is 355 g/mol. The van der Waals surface area contributed by atoms with Crippen molar-refractivity contribution in [1.82, 2.24) is 15.2 Å². The Balaban J connectivity index is 1.86. The van der Waals surface area contributed by atoms with Gasteiger partial charge in [-0.05, 0) is 29.8 Å². The molecule has 0 spiro atoms. The van der Waals surface area contributed by atoms with Crippen molar-refractivity contribution < 1.29 is 18.0 Å². The summed E-state index contributed by atoms with van der Waals surface area (Å²) in [4.78, 5) is 18.1. The van der Waals surface area contributed by atoms with Crippen LogP contribution >= 0.6 is 11.6 Å². The van der Waals surface area contributed by atoms with Crippen molar-refractivity contribution in [3.8, 4) is 0 Å². The molecule has 1 amide bonds. The zero-order valence-electron chi connectivity index (χ0n) is 13.1. The van der Waals surface area contributed by atoms with E-state index in [1.165, 1.54) is 0 Å². The molecule has 1 aliphatic rings. The van der Waals surface area contributed by atoms with Crippen LogP contribution in [-0.2, 0) is 6.18 Å². The summed E-state index contributed by atoms with van der Waals surface area (Å²) in [6.07, 6.45) is -3.79. The molecule has 1 saturated heterocycles. The zero-order chi connectivity index (χ0) is 18.0. The second-order valence-electron chi connectivity index (χ2n) is 5.70. The van der Waals surface area contributed by atoms with Crippen molar-refractivity contribution in [3.05, 3.63) is 64.4 Å². The van der Waals surface area contributed by atoms with Crippen LogP contribution in [0.2, 0.25) is 5.02 Å². The fraction of sp³-hybridized carbons (Fsp3) is 0.294. The first-order valence-corrected chi connectivity index (χ1v) is 8.04. The van der Waals surface area contributed by atoms with Crippen molar-refractivity contribution in [2.24, 2.45) is 0 Å². The van der Waals surface area contributed by atoms with Crippen LogP contribution in [0.15, 0.2) is 42.6 Å². The van der Waals surface area contributed by atoms with Gasteiger partial charge in [-0.2, -0.15) is 13.2 Å². The lowest BCUT2D eigenvalue weighted by Gasteiger charge is -2.36. The Morgan fingerprint density at radius 3 is 2.72 bits per heavy atom. The van der Waals surface area contributed by atoms with E-state index >= 15 is 0 Å². The van der Waals surface area contributed by atoms with Crippen LogP contribution in [0.25, 0.3) is 0 Å². The maximum atomic E-state index is 12.8. The first kappa shape index (κ1) is 17.7. The Morgan fingerprint density at radius 1 is 1.28 bits per heavy atom. The number of alkyl halides is 3. The number of nitrogens with one attached hydrogen (secondary N) is 1. The molecule has 3 rings (SSSR count). The van der Waals surface area contributed by atoms with Crippen molar-refractivity contribution in [2.75, 3.05) is 19.6 Å². The number of rotatable bonds is 2. The number of hydrogen-bond donors (Lipinski definition) is 1. The number of carbonyl (C=O) groups is 1. The molecule has 0 saturated carbocycles. The molecule has 1 aromatic heterocycles. The van der Waals surface area contributed by atoms with Gasteiger partial charge in [0.15, 0.2) is 0 Å². The van der Waals surface area contributed by atoms with Crippen LogP contribution in [0.3, 0.4) is 0 Å². The van der Waals surface area contributed by atoms with E-state index in [0.29, 0.717) is 30.9 Å². The van der Waals surface area contributed by atoms with Crippen LogP contribution in [-0.4, -0.2) is 35.4 Å². The van der Waals surface area contributed by atoms with Crippen LogP contribution in [0.1, 0.15) is 27.7 Å². The highest BCUT2D eigenvalue weighted by Gasteiger charge is 2.32. The second-order valence-corrected chi connectivity index (χ2v) is 6.14. The zero-order valence-corrected chi connectivity index (χ0v) is 13.8. The SMILES string of the molecule is O=C(c1ccc(C(F)(F)F)cn1)N1CCNCC1c1cccc(Cl)c1. The number of carbonyl (C=O) groups excluding carboxylic acids is 1. The van der Waals surface area contributed by atoms with Gasteiger partial charge in [0.05, 0.1) is 11.6 Å². The van der Waals surface area contributed by atoms with Crippen molar-refractivity contribution in [3.63, 3.8) is 0 Å². The summed E-state index contributed by atoms with van der Waals surface area (Å²) in [5, 5.41) is 3.77. The average Bonchev–Trinajstić information content (AvgIpc) is 2.60. The second kappa shape index (κ2) is 7.01. The number of hydrogen-bond acceptors (Lipinski definition) is 3. The molecule has 4 nitrogen and oxygen atoms in total. The number of aromatic nitrogens is 1. The first-order valence-electron chi connectivity index (χ1n) is 7.66. The van der Waals surface area contributed by atoms with Crippen LogP contribution in [0, 0.1) is 0 Å². The summed E-state index contributed by atoms with van der Waals surface area (Å²) in [6.45, 7) is 1.56. The number of benzene rings is 1. The number of pyridine rings is 1. The molecule has 0 aliphatic carbocycles. The Hall–Kier alpha value is -2.12. The van der Waals surface area contributed by atoms with E-state index in [1.54, 1.807) is 23.1 Å². The normalized spacial score (nSPS) is 18.2. The minimum absolute atomic E-state index is 0.0121. The van der Waals surface area contributed by atoms with Gasteiger partial charge in [0, 0.05) is 30.9 Å². The molecule has 8 heteroatoms. The van der Waals surface area contributed by atoms with Gasteiger partial charge >= 0.3 is 6.18 Å². The van der Waals surface area contributed by atoms with Crippen molar-refractivity contribution in [1.29, 1.82) is 0 Å². The van der Waals surface area contributed by atoms with Gasteiger partial charge in [-0.15, -0.1) is 0 Å². The molecule has 0 bridgehead atoms. The van der Waals surface area contributed by atoms with Gasteiger partial charge < -0.3 is 10.2 Å². The lowest BCUT2D eigenvalue weighted by atomic mass is 10.0. The van der Waals surface area contributed by atoms with Gasteiger partial charge in [-0.25, -0.2) is 0 Å². The maximum Gasteiger partial charge on any atom is 0.417 e. The summed E-state index contributed by atoms with van der Waals surface area (Å²) < 4.78 is 37.9. The number of nitrogens with zero attached hydrogens (tertiary/aromatic N) is 2. The highest BCUT2D eigenvalue weighted by Crippen LogP contribution is 2.29. The Kier molecular flexibility index (Phi) is 4.96. The Bertz CT molecular complexity index is 764. The molecule has 2 heterocycles. The molecule has 1 fully saturated rings. The fourth-order valence-corrected chi connectivity index (χ4v) is 2.99. The van der Waals surface area contributed by atoms with Crippen LogP contribution in [0.4, 0.5) is 13.2 Å². The van der Waals surface area contributed by atoms with Gasteiger partial charge in [0.2, 0.25) is 0 Å². The largest absolute Gasteiger partial charge is 0.417 e. The quantitative estimate of drug-likeness (QED) is 0.880. The van der Waals surface area contributed by atoms with Gasteiger partial charge in [0.1, 0.15) is 5.69 Å². The van der Waals surface area contributed by atoms with Crippen molar-refractivity contribution >= 4 is 17.5 Å². The summed E-state index contributed by atoms with van der Waals surface area (Å²) in [7, 11) is 0. The standard InChI is InChI=1S/C17H15ClF3N3O/c18-13-3-1-2-11(8-13)15-10-22-6-7-24(15)16(25)14-5-4-12(9-23-14)17(19,20)21/h1-5,8-9,15,22H,6-7,10H2. The monoisotopic (exact) mass is 369 g/mol. The fourth-order valence-electron chi connectivity index (χ4n) is 2.79. The number of amides is 1. The Labute approximate surface area is 147 Å². The molecule has 25 heavy (non-hydrogen) atoms. The van der Waals surface area contributed by atoms with Gasteiger partial charge in [-0.3, -0.25) is 9.78 Å². The van der Waals surface area contributed by atoms with E-state index in [0.717, 1.165) is 17.7 Å². The average molecular weight is 370 g/mol. The third-order valence-corrected chi connectivity index (χ3v) is 4.28. The minimum atomic E-state index is -4.48. The summed E-state index contributed by atoms with van der Waals surface area (Å²) >= 11 is 6.03. The van der Waals surface area contributed by atoms with E-state index < -0.39 is 17.6 Å². The molecule has 1 atom stereocenters. The lowest BCUT2D eigenvalue weighted by Crippen LogP contribution is -2.48. The molecule has 1 unspecified atom stereocenters. The van der Waals surface area contributed by atoms with Gasteiger partial charge in [-0.1, -0.05) is 23.7 Å². The first-order chi connectivity index (χ1) is 11.9. The highest BCUT2D eigenvalue weighted by molar-refractivity contribution is 6.30. The molecule has 1 N–H and O–H groups in total. The third-order valence-electron chi connectivity index (χ3n) is 4.05. The third kappa shape index (κ3) is 3.93. The predicted octanol–water partition coefficient (Wildman–Crippen LogP) is 3.54. The summed E-state index contributed by atoms with van der Waals surface area (Å²) in [5.41, 5.74) is -0.0300. The predicted molar refractivity (Wildman–Crippen MR) is 87.3 cm³/mol. The molecule has 2 aromatic rings. The highest BCUT2D eigenvalue weighted by atomic mass is 35.5. The van der Waals surface area contributed by atoms with Crippen molar-refractivity contribution in [2.45, 2.75) is 12.2 Å². The van der Waals surface area contributed by atoms with E-state index in [-0.39, 0.29) is 11.7 Å². The molecule has 1 aliphatic heterocycles. The molecule has 132 valence electrons. The number of halogens is 4. The smallest absolute Gasteiger partial charge is 0.328 e. The van der Waals surface area contributed by atoms with E-state index in [4.69, 9.17) is 11.6 Å². The van der Waals surface area contributed by atoms with Crippen LogP contribution in [0.5, 0.6) is 0 Å². The lowest BCUT2D eigenvalue weighted by molar-refractivity contribution is -0.137. The van der Waals surface area contributed by atoms with E-state index in [9.17, 15) is 18.0 Å². The molecule has 1 aromatic carbocycles. The number of piperazine rings is 1. The summed E-state index contributed by atoms with van der Waals surface area (Å²) in [6, 6.07) is 8.91. The molecular formula is C17H15ClF3N3O. The molecule has 0 radical (unpaired) electrons. The van der Waals surface area contributed by atoms with E-state index in [1.807, 2.05) is 6.07 Å². The summed E-state index contributed by atoms with van der Waals surface area (Å²) in [5.74, 6) is -0.403. The maximum absolute atomic E-state index is 12.8.